The monoisotopic (exact) mass is 348 g/mol. The maximum Gasteiger partial charge on any atom is 0.335 e. The molecule has 24 heavy (non-hydrogen) atoms. The second-order valence-corrected chi connectivity index (χ2v) is 5.74. The third-order valence-electron chi connectivity index (χ3n) is 3.29. The third kappa shape index (κ3) is 3.00. The van der Waals surface area contributed by atoms with Gasteiger partial charge in [-0.2, -0.15) is 8.78 Å². The molecule has 122 valence electrons. The van der Waals surface area contributed by atoms with Gasteiger partial charge in [0, 0.05) is 0 Å². The Morgan fingerprint density at radius 3 is 2.50 bits per heavy atom. The number of thioether (sulfide) groups is 1. The van der Waals surface area contributed by atoms with Gasteiger partial charge in [0.05, 0.1) is 22.2 Å². The first kappa shape index (κ1) is 16.1. The Bertz CT molecular complexity index is 974. The standard InChI is InChI=1S/C16H10F2N2O3S/c17-15(18)24-16-19-12-8-9(14(22)23)6-7-11(12)13(21)20(16)10-4-2-1-3-5-10/h1-8,15H,(H,22,23). The summed E-state index contributed by atoms with van der Waals surface area (Å²) < 4.78 is 26.8. The molecule has 0 saturated heterocycles. The van der Waals surface area contributed by atoms with E-state index in [4.69, 9.17) is 5.11 Å². The molecule has 1 N–H and O–H groups in total. The van der Waals surface area contributed by atoms with Gasteiger partial charge in [0.1, 0.15) is 0 Å². The Morgan fingerprint density at radius 1 is 1.17 bits per heavy atom. The summed E-state index contributed by atoms with van der Waals surface area (Å²) in [6.45, 7) is 0. The number of halogens is 2. The molecule has 3 aromatic rings. The van der Waals surface area contributed by atoms with E-state index in [0.29, 0.717) is 5.69 Å². The molecule has 0 fully saturated rings. The minimum atomic E-state index is -2.77. The SMILES string of the molecule is O=C(O)c1ccc2c(=O)n(-c3ccccc3)c(SC(F)F)nc2c1. The van der Waals surface area contributed by atoms with Crippen LogP contribution in [-0.2, 0) is 0 Å². The molecule has 5 nitrogen and oxygen atoms in total. The molecule has 0 unspecified atom stereocenters. The largest absolute Gasteiger partial charge is 0.478 e. The Kier molecular flexibility index (Phi) is 4.30. The van der Waals surface area contributed by atoms with Crippen LogP contribution >= 0.6 is 11.8 Å². The number of hydrogen-bond donors (Lipinski definition) is 1. The molecule has 0 bridgehead atoms. The van der Waals surface area contributed by atoms with Gasteiger partial charge in [-0.3, -0.25) is 9.36 Å². The predicted octanol–water partition coefficient (Wildman–Crippen LogP) is 3.40. The van der Waals surface area contributed by atoms with Crippen LogP contribution in [0.2, 0.25) is 0 Å². The van der Waals surface area contributed by atoms with Gasteiger partial charge in [0.15, 0.2) is 5.16 Å². The first-order valence-electron chi connectivity index (χ1n) is 6.77. The molecule has 0 spiro atoms. The number of carboxylic acids is 1. The molecular weight excluding hydrogens is 338 g/mol. The van der Waals surface area contributed by atoms with Gasteiger partial charge >= 0.3 is 5.97 Å². The highest BCUT2D eigenvalue weighted by Gasteiger charge is 2.18. The fourth-order valence-corrected chi connectivity index (χ4v) is 2.87. The van der Waals surface area contributed by atoms with Gasteiger partial charge in [-0.1, -0.05) is 18.2 Å². The van der Waals surface area contributed by atoms with E-state index in [1.807, 2.05) is 0 Å². The van der Waals surface area contributed by atoms with Crippen LogP contribution in [0.5, 0.6) is 0 Å². The summed E-state index contributed by atoms with van der Waals surface area (Å²) in [5.74, 6) is -3.96. The molecule has 8 heteroatoms. The van der Waals surface area contributed by atoms with Gasteiger partial charge in [-0.05, 0) is 42.1 Å². The van der Waals surface area contributed by atoms with E-state index in [2.05, 4.69) is 4.98 Å². The van der Waals surface area contributed by atoms with Crippen LogP contribution in [0.3, 0.4) is 0 Å². The van der Waals surface area contributed by atoms with Gasteiger partial charge in [-0.25, -0.2) is 9.78 Å². The molecule has 0 aliphatic heterocycles. The summed E-state index contributed by atoms with van der Waals surface area (Å²) in [7, 11) is 0. The molecule has 0 aliphatic rings. The number of hydrogen-bond acceptors (Lipinski definition) is 4. The summed E-state index contributed by atoms with van der Waals surface area (Å²) in [5.41, 5.74) is -0.135. The van der Waals surface area contributed by atoms with E-state index in [1.54, 1.807) is 30.3 Å². The average molecular weight is 348 g/mol. The number of benzene rings is 2. The molecule has 0 radical (unpaired) electrons. The maximum absolute atomic E-state index is 12.9. The molecule has 0 saturated carbocycles. The summed E-state index contributed by atoms with van der Waals surface area (Å²) in [4.78, 5) is 27.9. The number of fused-ring (bicyclic) bond motifs is 1. The Hall–Kier alpha value is -2.74. The zero-order valence-corrected chi connectivity index (χ0v) is 12.8. The molecule has 0 atom stereocenters. The quantitative estimate of drug-likeness (QED) is 0.578. The van der Waals surface area contributed by atoms with Crippen molar-refractivity contribution >= 4 is 28.6 Å². The van der Waals surface area contributed by atoms with Crippen LogP contribution in [0.1, 0.15) is 10.4 Å². The first-order chi connectivity index (χ1) is 11.5. The number of aromatic nitrogens is 2. The van der Waals surface area contributed by atoms with E-state index in [0.717, 1.165) is 4.57 Å². The fourth-order valence-electron chi connectivity index (χ4n) is 2.26. The van der Waals surface area contributed by atoms with E-state index < -0.39 is 17.3 Å². The van der Waals surface area contributed by atoms with Crippen LogP contribution in [0.25, 0.3) is 16.6 Å². The minimum Gasteiger partial charge on any atom is -0.478 e. The van der Waals surface area contributed by atoms with Crippen molar-refractivity contribution < 1.29 is 18.7 Å². The van der Waals surface area contributed by atoms with E-state index in [1.165, 1.54) is 18.2 Å². The smallest absolute Gasteiger partial charge is 0.335 e. The van der Waals surface area contributed by atoms with Crippen LogP contribution < -0.4 is 5.56 Å². The lowest BCUT2D eigenvalue weighted by Gasteiger charge is -2.13. The number of alkyl halides is 2. The molecule has 3 rings (SSSR count). The zero-order valence-electron chi connectivity index (χ0n) is 12.0. The van der Waals surface area contributed by atoms with Crippen molar-refractivity contribution in [2.24, 2.45) is 0 Å². The Labute approximate surface area is 138 Å². The van der Waals surface area contributed by atoms with E-state index in [9.17, 15) is 18.4 Å². The highest BCUT2D eigenvalue weighted by molar-refractivity contribution is 7.99. The number of para-hydroxylation sites is 1. The van der Waals surface area contributed by atoms with Crippen molar-refractivity contribution in [3.05, 3.63) is 64.4 Å². The second kappa shape index (κ2) is 6.40. The highest BCUT2D eigenvalue weighted by atomic mass is 32.2. The van der Waals surface area contributed by atoms with Crippen LogP contribution in [0.4, 0.5) is 8.78 Å². The highest BCUT2D eigenvalue weighted by Crippen LogP contribution is 2.26. The third-order valence-corrected chi connectivity index (χ3v) is 3.96. The molecule has 0 amide bonds. The number of carbonyl (C=O) groups is 1. The Morgan fingerprint density at radius 2 is 1.88 bits per heavy atom. The number of rotatable bonds is 4. The molecule has 2 aromatic carbocycles. The zero-order chi connectivity index (χ0) is 17.3. The van der Waals surface area contributed by atoms with Crippen molar-refractivity contribution in [3.63, 3.8) is 0 Å². The summed E-state index contributed by atoms with van der Waals surface area (Å²) in [5, 5.41) is 8.98. The van der Waals surface area contributed by atoms with Crippen molar-refractivity contribution in [1.29, 1.82) is 0 Å². The van der Waals surface area contributed by atoms with Crippen LogP contribution in [-0.4, -0.2) is 26.4 Å². The maximum atomic E-state index is 12.9. The second-order valence-electron chi connectivity index (χ2n) is 4.79. The number of aromatic carboxylic acids is 1. The normalized spacial score (nSPS) is 11.1. The lowest BCUT2D eigenvalue weighted by Crippen LogP contribution is -2.22. The number of carboxylic acid groups (broad SMARTS) is 1. The molecule has 0 aliphatic carbocycles. The Balaban J connectivity index is 2.33. The van der Waals surface area contributed by atoms with Crippen LogP contribution in [0.15, 0.2) is 58.5 Å². The number of nitrogens with zero attached hydrogens (tertiary/aromatic N) is 2. The summed E-state index contributed by atoms with van der Waals surface area (Å²) >= 11 is 0.134. The van der Waals surface area contributed by atoms with E-state index >= 15 is 0 Å². The van der Waals surface area contributed by atoms with Crippen LogP contribution in [0, 0.1) is 0 Å². The van der Waals surface area contributed by atoms with Gasteiger partial charge in [-0.15, -0.1) is 0 Å². The minimum absolute atomic E-state index is 0.0650. The van der Waals surface area contributed by atoms with Crippen molar-refractivity contribution in [3.8, 4) is 5.69 Å². The van der Waals surface area contributed by atoms with E-state index in [-0.39, 0.29) is 33.4 Å². The van der Waals surface area contributed by atoms with Gasteiger partial charge < -0.3 is 5.11 Å². The molecule has 1 aromatic heterocycles. The lowest BCUT2D eigenvalue weighted by molar-refractivity contribution is 0.0697. The molecular formula is C16H10F2N2O3S. The van der Waals surface area contributed by atoms with Gasteiger partial charge in [0.2, 0.25) is 0 Å². The van der Waals surface area contributed by atoms with Crippen molar-refractivity contribution in [1.82, 2.24) is 9.55 Å². The predicted molar refractivity (Wildman–Crippen MR) is 86.2 cm³/mol. The lowest BCUT2D eigenvalue weighted by atomic mass is 10.1. The summed E-state index contributed by atoms with van der Waals surface area (Å²) in [6.07, 6.45) is 0. The van der Waals surface area contributed by atoms with Gasteiger partial charge in [0.25, 0.3) is 11.3 Å². The summed E-state index contributed by atoms with van der Waals surface area (Å²) in [6, 6.07) is 12.1. The average Bonchev–Trinajstić information content (AvgIpc) is 2.54. The topological polar surface area (TPSA) is 72.2 Å². The first-order valence-corrected chi connectivity index (χ1v) is 7.65. The van der Waals surface area contributed by atoms with Crippen molar-refractivity contribution in [2.75, 3.05) is 0 Å². The molecule has 1 heterocycles. The van der Waals surface area contributed by atoms with Crippen molar-refractivity contribution in [2.45, 2.75) is 10.9 Å². The fraction of sp³-hybridized carbons (Fsp3) is 0.0625.